The molecule has 0 bridgehead atoms. The molecule has 4 aromatic rings. The number of nitriles is 1. The summed E-state index contributed by atoms with van der Waals surface area (Å²) in [7, 11) is 0. The quantitative estimate of drug-likeness (QED) is 0.369. The largest absolute Gasteiger partial charge is 0.489 e. The molecule has 142 valence electrons. The molecule has 0 unspecified atom stereocenters. The second-order valence-electron chi connectivity index (χ2n) is 6.76. The molecule has 1 aromatic heterocycles. The Morgan fingerprint density at radius 1 is 1.10 bits per heavy atom. The van der Waals surface area contributed by atoms with Gasteiger partial charge in [0, 0.05) is 4.47 Å². The minimum absolute atomic E-state index is 0.488. The van der Waals surface area contributed by atoms with Gasteiger partial charge in [-0.3, -0.25) is 0 Å². The first kappa shape index (κ1) is 19.0. The topological polar surface area (TPSA) is 61.7 Å². The molecule has 1 heterocycles. The van der Waals surface area contributed by atoms with Crippen LogP contribution in [0, 0.1) is 18.3 Å². The fourth-order valence-corrected chi connectivity index (χ4v) is 3.24. The first-order valence-corrected chi connectivity index (χ1v) is 9.96. The average molecular weight is 444 g/mol. The van der Waals surface area contributed by atoms with Crippen LogP contribution < -0.4 is 4.74 Å². The van der Waals surface area contributed by atoms with Crippen molar-refractivity contribution < 1.29 is 4.74 Å². The molecular formula is C24H18BrN3O. The second-order valence-corrected chi connectivity index (χ2v) is 7.68. The SMILES string of the molecule is Cc1ccc2nc(/C(C#N)=C\c3ccc(OCc4ccc(Br)cc4)cc3)[nH]c2c1. The van der Waals surface area contributed by atoms with E-state index >= 15 is 0 Å². The molecular weight excluding hydrogens is 426 g/mol. The normalized spacial score (nSPS) is 11.4. The first-order chi connectivity index (χ1) is 14.1. The molecule has 0 radical (unpaired) electrons. The third kappa shape index (κ3) is 4.56. The maximum atomic E-state index is 9.60. The molecule has 3 aromatic carbocycles. The van der Waals surface area contributed by atoms with E-state index in [9.17, 15) is 5.26 Å². The van der Waals surface area contributed by atoms with Gasteiger partial charge in [0.05, 0.1) is 16.6 Å². The van der Waals surface area contributed by atoms with E-state index in [-0.39, 0.29) is 0 Å². The Bertz CT molecular complexity index is 1220. The number of nitrogens with one attached hydrogen (secondary N) is 1. The van der Waals surface area contributed by atoms with Crippen LogP contribution in [0.4, 0.5) is 0 Å². The number of nitrogens with zero attached hydrogens (tertiary/aromatic N) is 2. The zero-order valence-corrected chi connectivity index (χ0v) is 17.4. The van der Waals surface area contributed by atoms with Gasteiger partial charge in [-0.1, -0.05) is 46.3 Å². The van der Waals surface area contributed by atoms with E-state index in [1.165, 1.54) is 0 Å². The lowest BCUT2D eigenvalue weighted by molar-refractivity contribution is 0.306. The summed E-state index contributed by atoms with van der Waals surface area (Å²) in [5.41, 5.74) is 5.43. The van der Waals surface area contributed by atoms with Crippen LogP contribution in [0.5, 0.6) is 5.75 Å². The van der Waals surface area contributed by atoms with Gasteiger partial charge in [0.15, 0.2) is 0 Å². The molecule has 0 spiro atoms. The van der Waals surface area contributed by atoms with E-state index in [0.29, 0.717) is 18.0 Å². The molecule has 0 saturated carbocycles. The zero-order valence-electron chi connectivity index (χ0n) is 15.8. The second kappa shape index (κ2) is 8.34. The van der Waals surface area contributed by atoms with Crippen molar-refractivity contribution in [3.05, 3.63) is 93.7 Å². The predicted octanol–water partition coefficient (Wildman–Crippen LogP) is 6.28. The lowest BCUT2D eigenvalue weighted by Crippen LogP contribution is -1.95. The number of aryl methyl sites for hydroxylation is 1. The Labute approximate surface area is 177 Å². The number of ether oxygens (including phenoxy) is 1. The lowest BCUT2D eigenvalue weighted by Gasteiger charge is -2.07. The summed E-state index contributed by atoms with van der Waals surface area (Å²) in [4.78, 5) is 7.77. The van der Waals surface area contributed by atoms with Gasteiger partial charge in [-0.15, -0.1) is 0 Å². The highest BCUT2D eigenvalue weighted by Gasteiger charge is 2.08. The zero-order chi connectivity index (χ0) is 20.2. The number of H-pyrrole nitrogens is 1. The van der Waals surface area contributed by atoms with Crippen LogP contribution in [0.2, 0.25) is 0 Å². The summed E-state index contributed by atoms with van der Waals surface area (Å²) in [5, 5.41) is 9.60. The van der Waals surface area contributed by atoms with Crippen LogP contribution >= 0.6 is 15.9 Å². The Hall–Kier alpha value is -3.36. The van der Waals surface area contributed by atoms with Crippen molar-refractivity contribution in [2.45, 2.75) is 13.5 Å². The number of rotatable bonds is 5. The minimum Gasteiger partial charge on any atom is -0.489 e. The average Bonchev–Trinajstić information content (AvgIpc) is 3.15. The number of imidazole rings is 1. The van der Waals surface area contributed by atoms with Gasteiger partial charge in [0.1, 0.15) is 24.3 Å². The van der Waals surface area contributed by atoms with Crippen LogP contribution in [0.1, 0.15) is 22.5 Å². The van der Waals surface area contributed by atoms with Gasteiger partial charge in [-0.05, 0) is 66.1 Å². The number of hydrogen-bond donors (Lipinski definition) is 1. The van der Waals surface area contributed by atoms with E-state index in [0.717, 1.165) is 37.9 Å². The third-order valence-corrected chi connectivity index (χ3v) is 5.05. The summed E-state index contributed by atoms with van der Waals surface area (Å²) in [6.07, 6.45) is 1.82. The highest BCUT2D eigenvalue weighted by Crippen LogP contribution is 2.22. The summed E-state index contributed by atoms with van der Waals surface area (Å²) in [5.74, 6) is 1.35. The Balaban J connectivity index is 1.50. The van der Waals surface area contributed by atoms with Gasteiger partial charge >= 0.3 is 0 Å². The van der Waals surface area contributed by atoms with E-state index in [2.05, 4.69) is 32.0 Å². The van der Waals surface area contributed by atoms with E-state index in [1.54, 1.807) is 0 Å². The number of halogens is 1. The van der Waals surface area contributed by atoms with Crippen molar-refractivity contribution in [1.29, 1.82) is 5.26 Å². The van der Waals surface area contributed by atoms with Crippen LogP contribution in [0.15, 0.2) is 71.2 Å². The number of benzene rings is 3. The molecule has 4 nitrogen and oxygen atoms in total. The number of allylic oxidation sites excluding steroid dienone is 1. The van der Waals surface area contributed by atoms with Crippen molar-refractivity contribution in [2.75, 3.05) is 0 Å². The fraction of sp³-hybridized carbons (Fsp3) is 0.0833. The number of aromatic nitrogens is 2. The van der Waals surface area contributed by atoms with Gasteiger partial charge in [0.25, 0.3) is 0 Å². The van der Waals surface area contributed by atoms with Gasteiger partial charge < -0.3 is 9.72 Å². The molecule has 5 heteroatoms. The highest BCUT2D eigenvalue weighted by atomic mass is 79.9. The standard InChI is InChI=1S/C24H18BrN3O/c1-16-2-11-22-23(12-16)28-24(27-22)19(14-26)13-17-5-9-21(10-6-17)29-15-18-3-7-20(25)8-4-18/h2-13H,15H2,1H3,(H,27,28)/b19-13-. The third-order valence-electron chi connectivity index (χ3n) is 4.52. The lowest BCUT2D eigenvalue weighted by atomic mass is 10.1. The minimum atomic E-state index is 0.488. The number of aromatic amines is 1. The van der Waals surface area contributed by atoms with Crippen molar-refractivity contribution in [1.82, 2.24) is 9.97 Å². The van der Waals surface area contributed by atoms with Crippen LogP contribution in [-0.2, 0) is 6.61 Å². The van der Waals surface area contributed by atoms with Crippen LogP contribution in [-0.4, -0.2) is 9.97 Å². The smallest absolute Gasteiger partial charge is 0.149 e. The molecule has 1 N–H and O–H groups in total. The predicted molar refractivity (Wildman–Crippen MR) is 119 cm³/mol. The van der Waals surface area contributed by atoms with Crippen molar-refractivity contribution >= 4 is 38.6 Å². The summed E-state index contributed by atoms with van der Waals surface area (Å²) in [6.45, 7) is 2.53. The monoisotopic (exact) mass is 443 g/mol. The first-order valence-electron chi connectivity index (χ1n) is 9.16. The van der Waals surface area contributed by atoms with E-state index in [1.807, 2.05) is 79.7 Å². The molecule has 0 amide bonds. The van der Waals surface area contributed by atoms with Crippen LogP contribution in [0.3, 0.4) is 0 Å². The Morgan fingerprint density at radius 2 is 1.86 bits per heavy atom. The number of fused-ring (bicyclic) bond motifs is 1. The molecule has 0 fully saturated rings. The van der Waals surface area contributed by atoms with Crippen molar-refractivity contribution in [3.63, 3.8) is 0 Å². The fourth-order valence-electron chi connectivity index (χ4n) is 2.98. The Morgan fingerprint density at radius 3 is 2.59 bits per heavy atom. The molecule has 4 rings (SSSR count). The molecule has 29 heavy (non-hydrogen) atoms. The summed E-state index contributed by atoms with van der Waals surface area (Å²) >= 11 is 3.43. The Kier molecular flexibility index (Phi) is 5.46. The summed E-state index contributed by atoms with van der Waals surface area (Å²) < 4.78 is 6.88. The number of hydrogen-bond acceptors (Lipinski definition) is 3. The van der Waals surface area contributed by atoms with Gasteiger partial charge in [0.2, 0.25) is 0 Å². The van der Waals surface area contributed by atoms with Crippen molar-refractivity contribution in [3.8, 4) is 11.8 Å². The maximum Gasteiger partial charge on any atom is 0.149 e. The molecule has 0 saturated heterocycles. The van der Waals surface area contributed by atoms with Crippen molar-refractivity contribution in [2.24, 2.45) is 0 Å². The molecule has 0 aliphatic carbocycles. The van der Waals surface area contributed by atoms with Crippen LogP contribution in [0.25, 0.3) is 22.7 Å². The van der Waals surface area contributed by atoms with Gasteiger partial charge in [-0.25, -0.2) is 4.98 Å². The molecule has 0 aliphatic heterocycles. The molecule has 0 atom stereocenters. The van der Waals surface area contributed by atoms with E-state index < -0.39 is 0 Å². The summed E-state index contributed by atoms with van der Waals surface area (Å²) in [6, 6.07) is 23.9. The van der Waals surface area contributed by atoms with Gasteiger partial charge in [-0.2, -0.15) is 5.26 Å². The molecule has 0 aliphatic rings. The van der Waals surface area contributed by atoms with E-state index in [4.69, 9.17) is 4.74 Å². The maximum absolute atomic E-state index is 9.60. The highest BCUT2D eigenvalue weighted by molar-refractivity contribution is 9.10.